The molecule has 0 spiro atoms. The van der Waals surface area contributed by atoms with Gasteiger partial charge in [-0.15, -0.1) is 6.58 Å². The summed E-state index contributed by atoms with van der Waals surface area (Å²) in [6.07, 6.45) is 3.70. The highest BCUT2D eigenvalue weighted by Crippen LogP contribution is 2.32. The first kappa shape index (κ1) is 46.3. The zero-order chi connectivity index (χ0) is 41.2. The Labute approximate surface area is 334 Å². The molecule has 0 saturated heterocycles. The molecule has 300 valence electrons. The first-order valence-electron chi connectivity index (χ1n) is 17.8. The average molecular weight is 803 g/mol. The summed E-state index contributed by atoms with van der Waals surface area (Å²) < 4.78 is 16.4. The first-order chi connectivity index (χ1) is 25.8. The molecule has 2 N–H and O–H groups in total. The van der Waals surface area contributed by atoms with Crippen molar-refractivity contribution in [3.63, 3.8) is 0 Å². The molecule has 0 unspecified atom stereocenters. The molecule has 0 aliphatic carbocycles. The lowest BCUT2D eigenvalue weighted by Crippen LogP contribution is -2.42. The molecule has 4 amide bonds. The second kappa shape index (κ2) is 22.5. The number of carbonyl (C=O) groups excluding carboxylic acids is 4. The highest BCUT2D eigenvalue weighted by molar-refractivity contribution is 6.40. The number of benzene rings is 2. The molecule has 0 fully saturated rings. The molecule has 0 radical (unpaired) electrons. The zero-order valence-corrected chi connectivity index (χ0v) is 34.3. The molecule has 2 rings (SSSR count). The first-order valence-corrected chi connectivity index (χ1v) is 18.6. The number of hydrogen-bond acceptors (Lipinski definition) is 9. The lowest BCUT2D eigenvalue weighted by Gasteiger charge is -2.27. The number of anilines is 1. The van der Waals surface area contributed by atoms with Crippen molar-refractivity contribution in [3.05, 3.63) is 82.9 Å². The SMILES string of the molecule is C=CCCCCN(CC(=O)Nc1c(Cl)cc(CC(=NC(=O)OC(C)(C)C)NC(=O)CC(=NOCC)c2ccc(OCC=C)cc2)cc1Cl)C(=O)OC(C)(C)C. The monoisotopic (exact) mass is 801 g/mol. The van der Waals surface area contributed by atoms with Crippen LogP contribution in [0.2, 0.25) is 10.0 Å². The smallest absolute Gasteiger partial charge is 0.435 e. The number of aliphatic imine (C=N–C) groups is 1. The number of allylic oxidation sites excluding steroid dienone is 1. The molecule has 0 aromatic heterocycles. The van der Waals surface area contributed by atoms with Crippen LogP contribution in [0.15, 0.2) is 71.9 Å². The van der Waals surface area contributed by atoms with Crippen LogP contribution >= 0.6 is 23.2 Å². The van der Waals surface area contributed by atoms with Gasteiger partial charge in [0.1, 0.15) is 42.5 Å². The normalized spacial score (nSPS) is 11.9. The van der Waals surface area contributed by atoms with E-state index in [1.54, 1.807) is 84.9 Å². The minimum Gasteiger partial charge on any atom is -0.490 e. The van der Waals surface area contributed by atoms with Crippen LogP contribution in [0.4, 0.5) is 15.3 Å². The fourth-order valence-electron chi connectivity index (χ4n) is 4.64. The van der Waals surface area contributed by atoms with Crippen LogP contribution in [0.3, 0.4) is 0 Å². The van der Waals surface area contributed by atoms with Crippen molar-refractivity contribution in [3.8, 4) is 5.75 Å². The molecule has 15 heteroatoms. The quantitative estimate of drug-likeness (QED) is 0.0498. The predicted molar refractivity (Wildman–Crippen MR) is 217 cm³/mol. The van der Waals surface area contributed by atoms with Gasteiger partial charge < -0.3 is 29.7 Å². The summed E-state index contributed by atoms with van der Waals surface area (Å²) in [6, 6.07) is 9.97. The Bertz CT molecular complexity index is 1690. The van der Waals surface area contributed by atoms with E-state index in [4.69, 9.17) is 42.3 Å². The van der Waals surface area contributed by atoms with E-state index in [1.807, 2.05) is 0 Å². The van der Waals surface area contributed by atoms with E-state index < -0.39 is 35.2 Å². The van der Waals surface area contributed by atoms with Crippen molar-refractivity contribution in [2.75, 3.05) is 31.6 Å². The Hall–Kier alpha value is -4.88. The third kappa shape index (κ3) is 18.3. The molecule has 2 aromatic rings. The minimum atomic E-state index is -0.929. The number of nitrogens with zero attached hydrogens (tertiary/aromatic N) is 3. The number of amidine groups is 1. The van der Waals surface area contributed by atoms with Gasteiger partial charge in [-0.2, -0.15) is 4.99 Å². The number of unbranched alkanes of at least 4 members (excludes halogenated alkanes) is 2. The van der Waals surface area contributed by atoms with E-state index in [0.717, 1.165) is 12.8 Å². The molecule has 0 heterocycles. The van der Waals surface area contributed by atoms with Crippen molar-refractivity contribution < 1.29 is 38.2 Å². The van der Waals surface area contributed by atoms with Gasteiger partial charge in [-0.05, 0) is 110 Å². The number of oxime groups is 1. The lowest BCUT2D eigenvalue weighted by molar-refractivity contribution is -0.119. The molecule has 0 saturated carbocycles. The molecule has 2 aromatic carbocycles. The van der Waals surface area contributed by atoms with Gasteiger partial charge in [-0.1, -0.05) is 47.1 Å². The number of ether oxygens (including phenoxy) is 3. The number of amides is 4. The topological polar surface area (TPSA) is 157 Å². The van der Waals surface area contributed by atoms with E-state index in [9.17, 15) is 19.2 Å². The molecule has 0 bridgehead atoms. The van der Waals surface area contributed by atoms with E-state index in [0.29, 0.717) is 42.2 Å². The van der Waals surface area contributed by atoms with Crippen molar-refractivity contribution in [1.82, 2.24) is 10.2 Å². The zero-order valence-electron chi connectivity index (χ0n) is 32.8. The Kier molecular flexibility index (Phi) is 18.9. The van der Waals surface area contributed by atoms with Crippen molar-refractivity contribution in [2.45, 2.75) is 91.8 Å². The molecule has 0 aliphatic rings. The van der Waals surface area contributed by atoms with Crippen LogP contribution in [0.5, 0.6) is 5.75 Å². The van der Waals surface area contributed by atoms with E-state index in [-0.39, 0.29) is 47.6 Å². The number of rotatable bonds is 18. The number of nitrogens with one attached hydrogen (secondary N) is 2. The highest BCUT2D eigenvalue weighted by Gasteiger charge is 2.25. The molecular weight excluding hydrogens is 749 g/mol. The molecular formula is C40H53Cl2N5O8. The third-order valence-corrected chi connectivity index (χ3v) is 7.50. The maximum Gasteiger partial charge on any atom is 0.435 e. The number of hydrogen-bond donors (Lipinski definition) is 2. The van der Waals surface area contributed by atoms with Gasteiger partial charge in [0.25, 0.3) is 0 Å². The summed E-state index contributed by atoms with van der Waals surface area (Å²) in [6.45, 7) is 20.0. The summed E-state index contributed by atoms with van der Waals surface area (Å²) in [5, 5.41) is 9.64. The summed E-state index contributed by atoms with van der Waals surface area (Å²) in [5.41, 5.74) is -0.122. The standard InChI is InChI=1S/C40H53Cl2N5O8/c1-10-13-14-15-20-47(38(51)55-40(7,8)9)26-35(49)45-36-30(41)22-27(23-31(36)42)24-33(44-37(50)54-39(4,5)6)43-34(48)25-32(46-53-12-3)28-16-18-29(19-17-28)52-21-11-2/h10-11,16-19,22-23H,1-2,12-15,20-21,24-26H2,3-9H3,(H,45,49)(H,43,44,48,50). The van der Waals surface area contributed by atoms with Crippen LogP contribution in [0.25, 0.3) is 0 Å². The van der Waals surface area contributed by atoms with Crippen molar-refractivity contribution in [2.24, 2.45) is 10.1 Å². The van der Waals surface area contributed by atoms with E-state index >= 15 is 0 Å². The summed E-state index contributed by atoms with van der Waals surface area (Å²) in [7, 11) is 0. The Morgan fingerprint density at radius 2 is 1.53 bits per heavy atom. The van der Waals surface area contributed by atoms with Crippen LogP contribution in [0, 0.1) is 0 Å². The van der Waals surface area contributed by atoms with Gasteiger partial charge in [-0.25, -0.2) is 9.59 Å². The second-order valence-electron chi connectivity index (χ2n) is 14.2. The Balaban J connectivity index is 2.31. The van der Waals surface area contributed by atoms with Gasteiger partial charge in [0.15, 0.2) is 0 Å². The van der Waals surface area contributed by atoms with Gasteiger partial charge >= 0.3 is 12.2 Å². The summed E-state index contributed by atoms with van der Waals surface area (Å²) in [5.74, 6) is -0.547. The summed E-state index contributed by atoms with van der Waals surface area (Å²) in [4.78, 5) is 62.9. The number of halogens is 2. The third-order valence-electron chi connectivity index (χ3n) is 6.90. The average Bonchev–Trinajstić information content (AvgIpc) is 3.07. The molecule has 55 heavy (non-hydrogen) atoms. The van der Waals surface area contributed by atoms with Crippen LogP contribution in [-0.2, 0) is 30.3 Å². The molecule has 0 atom stereocenters. The van der Waals surface area contributed by atoms with Gasteiger partial charge in [-0.3, -0.25) is 14.5 Å². The van der Waals surface area contributed by atoms with Crippen LogP contribution < -0.4 is 15.4 Å². The van der Waals surface area contributed by atoms with E-state index in [1.165, 1.54) is 17.0 Å². The maximum atomic E-state index is 13.4. The molecule has 0 aliphatic heterocycles. The van der Waals surface area contributed by atoms with Gasteiger partial charge in [0.2, 0.25) is 11.8 Å². The highest BCUT2D eigenvalue weighted by atomic mass is 35.5. The van der Waals surface area contributed by atoms with Crippen molar-refractivity contribution in [1.29, 1.82) is 0 Å². The lowest BCUT2D eigenvalue weighted by atomic mass is 10.1. The Morgan fingerprint density at radius 1 is 0.891 bits per heavy atom. The second-order valence-corrected chi connectivity index (χ2v) is 15.0. The van der Waals surface area contributed by atoms with Gasteiger partial charge in [0.05, 0.1) is 27.9 Å². The maximum absolute atomic E-state index is 13.4. The number of carbonyl (C=O) groups is 4. The van der Waals surface area contributed by atoms with Crippen molar-refractivity contribution >= 4 is 64.4 Å². The van der Waals surface area contributed by atoms with Crippen LogP contribution in [-0.4, -0.2) is 78.0 Å². The minimum absolute atomic E-state index is 0.0587. The molecule has 13 nitrogen and oxygen atoms in total. The fraction of sp³-hybridized carbons (Fsp3) is 0.450. The van der Waals surface area contributed by atoms with Gasteiger partial charge in [0, 0.05) is 18.5 Å². The Morgan fingerprint density at radius 3 is 2.09 bits per heavy atom. The fourth-order valence-corrected chi connectivity index (χ4v) is 5.26. The van der Waals surface area contributed by atoms with Crippen LogP contribution in [0.1, 0.15) is 85.3 Å². The van der Waals surface area contributed by atoms with E-state index in [2.05, 4.69) is 33.9 Å². The predicted octanol–water partition coefficient (Wildman–Crippen LogP) is 8.91. The summed E-state index contributed by atoms with van der Waals surface area (Å²) >= 11 is 13.2. The largest absolute Gasteiger partial charge is 0.490 e.